The quantitative estimate of drug-likeness (QED) is 0.420. The highest BCUT2D eigenvalue weighted by atomic mass is 19.1. The molecule has 1 N–H and O–H groups in total. The van der Waals surface area contributed by atoms with Crippen molar-refractivity contribution in [2.45, 2.75) is 20.4 Å². The number of aromatic nitrogens is 2. The number of hydrogen-bond donors (Lipinski definition) is 1. The molecule has 0 radical (unpaired) electrons. The molecule has 0 spiro atoms. The maximum atomic E-state index is 14.6. The number of esters is 1. The van der Waals surface area contributed by atoms with Crippen LogP contribution in [-0.2, 0) is 11.3 Å². The van der Waals surface area contributed by atoms with Gasteiger partial charge in [-0.3, -0.25) is 4.98 Å². The van der Waals surface area contributed by atoms with Crippen LogP contribution in [0.2, 0.25) is 0 Å². The first kappa shape index (κ1) is 21.1. The van der Waals surface area contributed by atoms with Crippen LogP contribution < -0.4 is 5.32 Å². The summed E-state index contributed by atoms with van der Waals surface area (Å²) < 4.78 is 21.8. The van der Waals surface area contributed by atoms with E-state index in [0.29, 0.717) is 23.2 Å². The van der Waals surface area contributed by atoms with Gasteiger partial charge in [0.15, 0.2) is 5.69 Å². The number of halogens is 1. The second-order valence-corrected chi connectivity index (χ2v) is 7.34. The molecular formula is C25H21FN4O2. The zero-order valence-corrected chi connectivity index (χ0v) is 17.7. The van der Waals surface area contributed by atoms with Crippen LogP contribution in [0.5, 0.6) is 0 Å². The number of nitrogens with zero attached hydrogens (tertiary/aromatic N) is 3. The van der Waals surface area contributed by atoms with Crippen LogP contribution in [0.25, 0.3) is 10.9 Å². The van der Waals surface area contributed by atoms with E-state index in [-0.39, 0.29) is 18.0 Å². The number of aryl methyl sites for hydroxylation is 1. The highest BCUT2D eigenvalue weighted by Crippen LogP contribution is 2.35. The maximum absolute atomic E-state index is 14.6. The zero-order valence-electron chi connectivity index (χ0n) is 17.7. The Morgan fingerprint density at radius 1 is 1.22 bits per heavy atom. The number of ether oxygens (including phenoxy) is 1. The Hall–Kier alpha value is -4.18. The van der Waals surface area contributed by atoms with Gasteiger partial charge in [-0.25, -0.2) is 9.18 Å². The standard InChI is InChI=1S/C25H21FN4O2/c1-3-32-25(31)24-23(29-21-9-4-16(2)12-20(21)26)19-14-28-11-10-22(19)30(24)15-18-7-5-17(13-27)6-8-18/h4-12,14,29H,3,15H2,1-2H3. The van der Waals surface area contributed by atoms with Gasteiger partial charge in [0, 0.05) is 24.3 Å². The van der Waals surface area contributed by atoms with Gasteiger partial charge >= 0.3 is 5.97 Å². The average Bonchev–Trinajstić information content (AvgIpc) is 3.09. The van der Waals surface area contributed by atoms with Crippen LogP contribution in [-0.4, -0.2) is 22.1 Å². The molecule has 0 aliphatic carbocycles. The monoisotopic (exact) mass is 428 g/mol. The molecular weight excluding hydrogens is 407 g/mol. The number of rotatable bonds is 6. The summed E-state index contributed by atoms with van der Waals surface area (Å²) in [4.78, 5) is 17.2. The predicted octanol–water partition coefficient (Wildman–Crippen LogP) is 5.32. The van der Waals surface area contributed by atoms with Crippen molar-refractivity contribution in [1.29, 1.82) is 5.26 Å². The summed E-state index contributed by atoms with van der Waals surface area (Å²) in [5.74, 6) is -0.941. The summed E-state index contributed by atoms with van der Waals surface area (Å²) in [6.07, 6.45) is 3.28. The van der Waals surface area contributed by atoms with Crippen LogP contribution in [0.4, 0.5) is 15.8 Å². The first-order valence-electron chi connectivity index (χ1n) is 10.2. The minimum Gasteiger partial charge on any atom is -0.461 e. The van der Waals surface area contributed by atoms with Crippen molar-refractivity contribution in [3.8, 4) is 6.07 Å². The Kier molecular flexibility index (Phi) is 5.86. The van der Waals surface area contributed by atoms with E-state index in [0.717, 1.165) is 16.6 Å². The SMILES string of the molecule is CCOC(=O)c1c(Nc2ccc(C)cc2F)c2cnccc2n1Cc1ccc(C#N)cc1. The summed E-state index contributed by atoms with van der Waals surface area (Å²) in [5.41, 5.74) is 3.96. The maximum Gasteiger partial charge on any atom is 0.357 e. The predicted molar refractivity (Wildman–Crippen MR) is 120 cm³/mol. The summed E-state index contributed by atoms with van der Waals surface area (Å²) in [5, 5.41) is 12.8. The molecule has 0 fully saturated rings. The Morgan fingerprint density at radius 2 is 2.00 bits per heavy atom. The number of carbonyl (C=O) groups excluding carboxylic acids is 1. The Labute approximate surface area is 184 Å². The molecule has 4 aromatic rings. The van der Waals surface area contributed by atoms with Crippen LogP contribution >= 0.6 is 0 Å². The van der Waals surface area contributed by atoms with Crippen LogP contribution in [0.1, 0.15) is 34.1 Å². The van der Waals surface area contributed by atoms with E-state index < -0.39 is 11.8 Å². The Morgan fingerprint density at radius 3 is 2.69 bits per heavy atom. The van der Waals surface area contributed by atoms with Gasteiger partial charge in [0.05, 0.1) is 35.1 Å². The smallest absolute Gasteiger partial charge is 0.357 e. The third-order valence-corrected chi connectivity index (χ3v) is 5.14. The molecule has 0 atom stereocenters. The van der Waals surface area contributed by atoms with E-state index in [4.69, 9.17) is 10.00 Å². The molecule has 7 heteroatoms. The number of hydrogen-bond acceptors (Lipinski definition) is 5. The number of pyridine rings is 1. The van der Waals surface area contributed by atoms with Crippen molar-refractivity contribution in [3.05, 3.63) is 89.1 Å². The number of nitriles is 1. The van der Waals surface area contributed by atoms with Crippen molar-refractivity contribution in [2.75, 3.05) is 11.9 Å². The van der Waals surface area contributed by atoms with E-state index >= 15 is 0 Å². The zero-order chi connectivity index (χ0) is 22.7. The third kappa shape index (κ3) is 4.03. The normalized spacial score (nSPS) is 10.7. The lowest BCUT2D eigenvalue weighted by molar-refractivity contribution is 0.0516. The van der Waals surface area contributed by atoms with E-state index in [1.165, 1.54) is 6.07 Å². The van der Waals surface area contributed by atoms with Gasteiger partial charge in [0.1, 0.15) is 5.82 Å². The van der Waals surface area contributed by atoms with E-state index in [2.05, 4.69) is 16.4 Å². The topological polar surface area (TPSA) is 79.9 Å². The van der Waals surface area contributed by atoms with Gasteiger partial charge < -0.3 is 14.6 Å². The lowest BCUT2D eigenvalue weighted by atomic mass is 10.1. The van der Waals surface area contributed by atoms with Crippen molar-refractivity contribution in [3.63, 3.8) is 0 Å². The number of benzene rings is 2. The molecule has 0 aliphatic heterocycles. The third-order valence-electron chi connectivity index (χ3n) is 5.14. The molecule has 0 aliphatic rings. The fraction of sp³-hybridized carbons (Fsp3) is 0.160. The van der Waals surface area contributed by atoms with Gasteiger partial charge in [-0.05, 0) is 55.3 Å². The molecule has 160 valence electrons. The first-order chi connectivity index (χ1) is 15.5. The molecule has 32 heavy (non-hydrogen) atoms. The molecule has 4 rings (SSSR count). The summed E-state index contributed by atoms with van der Waals surface area (Å²) in [7, 11) is 0. The van der Waals surface area contributed by atoms with E-state index in [1.807, 2.05) is 23.6 Å². The van der Waals surface area contributed by atoms with E-state index in [9.17, 15) is 9.18 Å². The van der Waals surface area contributed by atoms with Crippen molar-refractivity contribution in [2.24, 2.45) is 0 Å². The number of fused-ring (bicyclic) bond motifs is 1. The van der Waals surface area contributed by atoms with Gasteiger partial charge in [-0.1, -0.05) is 18.2 Å². The molecule has 0 unspecified atom stereocenters. The lowest BCUT2D eigenvalue weighted by Crippen LogP contribution is -2.15. The molecule has 2 aromatic heterocycles. The van der Waals surface area contributed by atoms with Crippen molar-refractivity contribution >= 4 is 28.2 Å². The molecule has 0 saturated carbocycles. The Bertz CT molecular complexity index is 1340. The second-order valence-electron chi connectivity index (χ2n) is 7.34. The number of nitrogens with one attached hydrogen (secondary N) is 1. The van der Waals surface area contributed by atoms with Crippen molar-refractivity contribution in [1.82, 2.24) is 9.55 Å². The highest BCUT2D eigenvalue weighted by Gasteiger charge is 2.25. The number of anilines is 2. The first-order valence-corrected chi connectivity index (χ1v) is 10.2. The lowest BCUT2D eigenvalue weighted by Gasteiger charge is -2.13. The summed E-state index contributed by atoms with van der Waals surface area (Å²) >= 11 is 0. The molecule has 2 aromatic carbocycles. The van der Waals surface area contributed by atoms with Gasteiger partial charge in [0.2, 0.25) is 0 Å². The summed E-state index contributed by atoms with van der Waals surface area (Å²) in [6.45, 7) is 4.11. The Balaban J connectivity index is 1.89. The van der Waals surface area contributed by atoms with Gasteiger partial charge in [-0.2, -0.15) is 5.26 Å². The minimum absolute atomic E-state index is 0.202. The average molecular weight is 428 g/mol. The van der Waals surface area contributed by atoms with Crippen molar-refractivity contribution < 1.29 is 13.9 Å². The second kappa shape index (κ2) is 8.90. The minimum atomic E-state index is -0.521. The largest absolute Gasteiger partial charge is 0.461 e. The fourth-order valence-corrected chi connectivity index (χ4v) is 3.62. The van der Waals surface area contributed by atoms with Crippen LogP contribution in [0, 0.1) is 24.1 Å². The highest BCUT2D eigenvalue weighted by molar-refractivity contribution is 6.07. The van der Waals surface area contributed by atoms with Crippen LogP contribution in [0.3, 0.4) is 0 Å². The fourth-order valence-electron chi connectivity index (χ4n) is 3.62. The number of carbonyl (C=O) groups is 1. The molecule has 0 amide bonds. The van der Waals surface area contributed by atoms with Gasteiger partial charge in [-0.15, -0.1) is 0 Å². The molecule has 2 heterocycles. The summed E-state index contributed by atoms with van der Waals surface area (Å²) in [6, 6.07) is 15.9. The molecule has 0 saturated heterocycles. The molecule has 0 bridgehead atoms. The van der Waals surface area contributed by atoms with Gasteiger partial charge in [0.25, 0.3) is 0 Å². The van der Waals surface area contributed by atoms with Crippen LogP contribution in [0.15, 0.2) is 60.9 Å². The molecule has 6 nitrogen and oxygen atoms in total. The van der Waals surface area contributed by atoms with E-state index in [1.54, 1.807) is 49.6 Å².